The molecule has 4 rings (SSSR count). The Morgan fingerprint density at radius 1 is 1.07 bits per heavy atom. The van der Waals surface area contributed by atoms with Gasteiger partial charge in [0.05, 0.1) is 16.5 Å². The van der Waals surface area contributed by atoms with E-state index in [9.17, 15) is 4.79 Å². The second kappa shape index (κ2) is 8.49. The third-order valence-corrected chi connectivity index (χ3v) is 5.81. The fraction of sp³-hybridized carbons (Fsp3) is 0.0909. The van der Waals surface area contributed by atoms with E-state index in [0.717, 1.165) is 21.5 Å². The maximum atomic E-state index is 12.4. The van der Waals surface area contributed by atoms with Crippen molar-refractivity contribution in [2.75, 3.05) is 11.1 Å². The van der Waals surface area contributed by atoms with Gasteiger partial charge in [-0.25, -0.2) is 4.98 Å². The number of aromatic nitrogens is 1. The second-order valence-corrected chi connectivity index (χ2v) is 8.37. The van der Waals surface area contributed by atoms with Crippen molar-refractivity contribution in [1.29, 1.82) is 0 Å². The number of nitrogens with one attached hydrogen (secondary N) is 1. The number of rotatable bonds is 5. The SMILES string of the molecule is Cc1ccc2oc(-c3ccc(Cl)c(NC(=O)CSc4ccc(Cl)cc4)c3)nc2c1. The Morgan fingerprint density at radius 3 is 2.66 bits per heavy atom. The molecule has 29 heavy (non-hydrogen) atoms. The van der Waals surface area contributed by atoms with Gasteiger partial charge >= 0.3 is 0 Å². The highest BCUT2D eigenvalue weighted by molar-refractivity contribution is 8.00. The van der Waals surface area contributed by atoms with Crippen molar-refractivity contribution in [1.82, 2.24) is 4.98 Å². The molecule has 0 fully saturated rings. The first-order chi connectivity index (χ1) is 14.0. The van der Waals surface area contributed by atoms with E-state index in [-0.39, 0.29) is 11.7 Å². The van der Waals surface area contributed by atoms with Crippen molar-refractivity contribution >= 4 is 57.7 Å². The van der Waals surface area contributed by atoms with Crippen molar-refractivity contribution in [3.63, 3.8) is 0 Å². The average Bonchev–Trinajstić information content (AvgIpc) is 3.12. The minimum Gasteiger partial charge on any atom is -0.436 e. The fourth-order valence-electron chi connectivity index (χ4n) is 2.78. The van der Waals surface area contributed by atoms with Gasteiger partial charge in [-0.1, -0.05) is 29.3 Å². The Hall–Kier alpha value is -2.47. The summed E-state index contributed by atoms with van der Waals surface area (Å²) in [6.45, 7) is 2.01. The number of thioether (sulfide) groups is 1. The Bertz CT molecular complexity index is 1190. The first kappa shape index (κ1) is 19.8. The molecule has 1 aromatic heterocycles. The number of aryl methyl sites for hydroxylation is 1. The van der Waals surface area contributed by atoms with E-state index in [1.165, 1.54) is 11.8 Å². The van der Waals surface area contributed by atoms with Gasteiger partial charge in [-0.15, -0.1) is 11.8 Å². The minimum atomic E-state index is -0.155. The largest absolute Gasteiger partial charge is 0.436 e. The number of nitrogens with zero attached hydrogens (tertiary/aromatic N) is 1. The standard InChI is InChI=1S/C22H16Cl2N2O2S/c1-13-2-9-20-19(10-13)26-22(28-20)14-3-8-17(24)18(11-14)25-21(27)12-29-16-6-4-15(23)5-7-16/h2-11H,12H2,1H3,(H,25,27). The number of hydrogen-bond acceptors (Lipinski definition) is 4. The van der Waals surface area contributed by atoms with E-state index in [0.29, 0.717) is 27.2 Å². The molecule has 4 nitrogen and oxygen atoms in total. The Labute approximate surface area is 182 Å². The summed E-state index contributed by atoms with van der Waals surface area (Å²) >= 11 is 13.6. The van der Waals surface area contributed by atoms with Crippen LogP contribution in [0.5, 0.6) is 0 Å². The summed E-state index contributed by atoms with van der Waals surface area (Å²) in [6.07, 6.45) is 0. The summed E-state index contributed by atoms with van der Waals surface area (Å²) in [5.74, 6) is 0.579. The average molecular weight is 443 g/mol. The highest BCUT2D eigenvalue weighted by Gasteiger charge is 2.13. The fourth-order valence-corrected chi connectivity index (χ4v) is 3.77. The van der Waals surface area contributed by atoms with Crippen LogP contribution in [-0.2, 0) is 4.79 Å². The second-order valence-electron chi connectivity index (χ2n) is 6.48. The minimum absolute atomic E-state index is 0.155. The van der Waals surface area contributed by atoms with Crippen molar-refractivity contribution in [2.45, 2.75) is 11.8 Å². The van der Waals surface area contributed by atoms with Gasteiger partial charge in [0.25, 0.3) is 0 Å². The van der Waals surface area contributed by atoms with Crippen LogP contribution in [0.3, 0.4) is 0 Å². The smallest absolute Gasteiger partial charge is 0.234 e. The molecule has 3 aromatic carbocycles. The summed E-state index contributed by atoms with van der Waals surface area (Å²) < 4.78 is 5.84. The first-order valence-electron chi connectivity index (χ1n) is 8.83. The zero-order valence-electron chi connectivity index (χ0n) is 15.4. The van der Waals surface area contributed by atoms with Crippen LogP contribution in [0.1, 0.15) is 5.56 Å². The van der Waals surface area contributed by atoms with Crippen LogP contribution in [-0.4, -0.2) is 16.6 Å². The lowest BCUT2D eigenvalue weighted by molar-refractivity contribution is -0.113. The van der Waals surface area contributed by atoms with Gasteiger partial charge in [-0.2, -0.15) is 0 Å². The number of benzene rings is 3. The monoisotopic (exact) mass is 442 g/mol. The molecular formula is C22H16Cl2N2O2S. The van der Waals surface area contributed by atoms with E-state index in [2.05, 4.69) is 10.3 Å². The number of anilines is 1. The first-order valence-corrected chi connectivity index (χ1v) is 10.6. The molecule has 0 aliphatic carbocycles. The summed E-state index contributed by atoms with van der Waals surface area (Å²) in [7, 11) is 0. The topological polar surface area (TPSA) is 55.1 Å². The molecule has 1 amide bonds. The van der Waals surface area contributed by atoms with E-state index in [1.54, 1.807) is 24.3 Å². The van der Waals surface area contributed by atoms with Gasteiger partial charge in [0.15, 0.2) is 5.58 Å². The Kier molecular flexibility index (Phi) is 5.81. The number of carbonyl (C=O) groups excluding carboxylic acids is 1. The summed E-state index contributed by atoms with van der Waals surface area (Å²) in [6, 6.07) is 18.5. The number of oxazole rings is 1. The van der Waals surface area contributed by atoms with Gasteiger partial charge in [-0.3, -0.25) is 4.79 Å². The molecule has 0 aliphatic rings. The lowest BCUT2D eigenvalue weighted by atomic mass is 10.2. The van der Waals surface area contributed by atoms with Crippen LogP contribution in [0.25, 0.3) is 22.6 Å². The van der Waals surface area contributed by atoms with Crippen LogP contribution in [0.2, 0.25) is 10.0 Å². The maximum absolute atomic E-state index is 12.4. The predicted molar refractivity (Wildman–Crippen MR) is 120 cm³/mol. The zero-order chi connectivity index (χ0) is 20.4. The van der Waals surface area contributed by atoms with E-state index < -0.39 is 0 Å². The maximum Gasteiger partial charge on any atom is 0.234 e. The van der Waals surface area contributed by atoms with Crippen LogP contribution in [0, 0.1) is 6.92 Å². The number of halogens is 2. The molecular weight excluding hydrogens is 427 g/mol. The molecule has 0 aliphatic heterocycles. The van der Waals surface area contributed by atoms with Crippen molar-refractivity contribution in [3.8, 4) is 11.5 Å². The molecule has 4 aromatic rings. The quantitative estimate of drug-likeness (QED) is 0.343. The van der Waals surface area contributed by atoms with Crippen molar-refractivity contribution in [2.24, 2.45) is 0 Å². The molecule has 0 atom stereocenters. The van der Waals surface area contributed by atoms with Crippen molar-refractivity contribution in [3.05, 3.63) is 76.3 Å². The number of carbonyl (C=O) groups is 1. The normalized spacial score (nSPS) is 11.0. The third kappa shape index (κ3) is 4.75. The van der Waals surface area contributed by atoms with Crippen LogP contribution in [0.15, 0.2) is 70.0 Å². The molecule has 0 saturated heterocycles. The van der Waals surface area contributed by atoms with E-state index in [1.807, 2.05) is 43.3 Å². The molecule has 0 radical (unpaired) electrons. The van der Waals surface area contributed by atoms with E-state index >= 15 is 0 Å². The van der Waals surface area contributed by atoms with E-state index in [4.69, 9.17) is 27.6 Å². The number of hydrogen-bond donors (Lipinski definition) is 1. The van der Waals surface area contributed by atoms with Crippen LogP contribution < -0.4 is 5.32 Å². The highest BCUT2D eigenvalue weighted by Crippen LogP contribution is 2.31. The van der Waals surface area contributed by atoms with Crippen molar-refractivity contribution < 1.29 is 9.21 Å². The molecule has 146 valence electrons. The summed E-state index contributed by atoms with van der Waals surface area (Å²) in [5.41, 5.74) is 3.87. The Balaban J connectivity index is 1.50. The lowest BCUT2D eigenvalue weighted by Gasteiger charge is -2.08. The highest BCUT2D eigenvalue weighted by atomic mass is 35.5. The lowest BCUT2D eigenvalue weighted by Crippen LogP contribution is -2.14. The predicted octanol–water partition coefficient (Wildman–Crippen LogP) is 6.84. The molecule has 0 saturated carbocycles. The zero-order valence-corrected chi connectivity index (χ0v) is 17.7. The van der Waals surface area contributed by atoms with Gasteiger partial charge in [0.1, 0.15) is 5.52 Å². The van der Waals surface area contributed by atoms with Gasteiger partial charge in [0, 0.05) is 15.5 Å². The Morgan fingerprint density at radius 2 is 1.86 bits per heavy atom. The molecule has 1 N–H and O–H groups in total. The van der Waals surface area contributed by atoms with Crippen LogP contribution >= 0.6 is 35.0 Å². The molecule has 1 heterocycles. The van der Waals surface area contributed by atoms with Gasteiger partial charge < -0.3 is 9.73 Å². The van der Waals surface area contributed by atoms with Gasteiger partial charge in [-0.05, 0) is 67.1 Å². The summed E-state index contributed by atoms with van der Waals surface area (Å²) in [4.78, 5) is 17.9. The number of amides is 1. The summed E-state index contributed by atoms with van der Waals surface area (Å²) in [5, 5.41) is 3.97. The molecule has 0 bridgehead atoms. The van der Waals surface area contributed by atoms with Crippen LogP contribution in [0.4, 0.5) is 5.69 Å². The molecule has 0 unspecified atom stereocenters. The third-order valence-electron chi connectivity index (χ3n) is 4.21. The molecule has 0 spiro atoms. The van der Waals surface area contributed by atoms with Gasteiger partial charge in [0.2, 0.25) is 11.8 Å². The number of fused-ring (bicyclic) bond motifs is 1. The molecule has 7 heteroatoms.